The summed E-state index contributed by atoms with van der Waals surface area (Å²) in [4.78, 5) is 13.1. The maximum Gasteiger partial charge on any atom is 0.222 e. The van der Waals surface area contributed by atoms with Gasteiger partial charge in [0.25, 0.3) is 0 Å². The number of guanidine groups is 2. The molecule has 0 amide bonds. The number of halogens is 2. The average Bonchev–Trinajstić information content (AvgIpc) is 2.71. The summed E-state index contributed by atoms with van der Waals surface area (Å²) in [6.07, 6.45) is -0.506. The summed E-state index contributed by atoms with van der Waals surface area (Å²) < 4.78 is 18.7. The van der Waals surface area contributed by atoms with E-state index in [0.717, 1.165) is 30.4 Å². The lowest BCUT2D eigenvalue weighted by Gasteiger charge is -2.41. The van der Waals surface area contributed by atoms with Gasteiger partial charge in [0, 0.05) is 24.5 Å². The van der Waals surface area contributed by atoms with Gasteiger partial charge in [0.1, 0.15) is 5.82 Å². The topological polar surface area (TPSA) is 78.5 Å². The summed E-state index contributed by atoms with van der Waals surface area (Å²) in [5.41, 5.74) is 7.69. The van der Waals surface area contributed by atoms with Gasteiger partial charge in [0.05, 0.1) is 13.2 Å². The Morgan fingerprint density at radius 3 is 2.39 bits per heavy atom. The molecule has 0 aliphatic carbocycles. The molecule has 0 spiro atoms. The molecule has 2 aliphatic rings. The number of anilines is 2. The first-order valence-electron chi connectivity index (χ1n) is 8.82. The molecule has 1 atom stereocenters. The quantitative estimate of drug-likeness (QED) is 0.821. The van der Waals surface area contributed by atoms with E-state index >= 15 is 0 Å². The fourth-order valence-electron chi connectivity index (χ4n) is 3.10. The summed E-state index contributed by atoms with van der Waals surface area (Å²) in [6.45, 7) is 2.71. The van der Waals surface area contributed by atoms with E-state index in [4.69, 9.17) is 10.5 Å². The molecule has 0 radical (unpaired) electrons. The van der Waals surface area contributed by atoms with E-state index in [9.17, 15) is 4.39 Å². The highest BCUT2D eigenvalue weighted by Gasteiger charge is 2.31. The number of morpholine rings is 1. The number of benzene rings is 2. The Labute approximate surface area is 169 Å². The Balaban J connectivity index is 0.00000225. The first-order chi connectivity index (χ1) is 13.2. The zero-order valence-corrected chi connectivity index (χ0v) is 16.0. The summed E-state index contributed by atoms with van der Waals surface area (Å²) in [5.74, 6) is 0.627. The zero-order valence-electron chi connectivity index (χ0n) is 15.2. The summed E-state index contributed by atoms with van der Waals surface area (Å²) in [7, 11) is 0. The van der Waals surface area contributed by atoms with Crippen molar-refractivity contribution < 1.29 is 9.13 Å². The monoisotopic (exact) mass is 404 g/mol. The van der Waals surface area contributed by atoms with Crippen LogP contribution in [0.5, 0.6) is 0 Å². The van der Waals surface area contributed by atoms with Crippen molar-refractivity contribution in [2.75, 3.05) is 36.5 Å². The fraction of sp³-hybridized carbons (Fsp3) is 0.263. The minimum Gasteiger partial charge on any atom is -0.378 e. The molecule has 2 aromatic rings. The van der Waals surface area contributed by atoms with Gasteiger partial charge in [-0.05, 0) is 36.4 Å². The molecule has 2 aromatic carbocycles. The largest absolute Gasteiger partial charge is 0.378 e. The number of hydrogen-bond acceptors (Lipinski definition) is 7. The van der Waals surface area contributed by atoms with E-state index in [1.807, 2.05) is 35.2 Å². The van der Waals surface area contributed by atoms with E-state index in [-0.39, 0.29) is 24.2 Å². The smallest absolute Gasteiger partial charge is 0.222 e. The Morgan fingerprint density at radius 2 is 1.71 bits per heavy atom. The maximum absolute atomic E-state index is 13.3. The highest BCUT2D eigenvalue weighted by molar-refractivity contribution is 6.05. The Bertz CT molecular complexity index is 839. The van der Waals surface area contributed by atoms with Crippen molar-refractivity contribution in [1.82, 2.24) is 4.90 Å². The SMILES string of the molecule is Cl.NC1=NC(Nc2ccc(F)cc2)N(c2ccccc2)C(N2CCOCC2)=N1. The lowest BCUT2D eigenvalue weighted by molar-refractivity contribution is 0.0671. The number of nitrogens with zero attached hydrogens (tertiary/aromatic N) is 4. The van der Waals surface area contributed by atoms with Crippen molar-refractivity contribution >= 4 is 35.7 Å². The molecule has 9 heteroatoms. The lowest BCUT2D eigenvalue weighted by atomic mass is 10.2. The molecule has 2 heterocycles. The van der Waals surface area contributed by atoms with Gasteiger partial charge >= 0.3 is 0 Å². The van der Waals surface area contributed by atoms with Crippen LogP contribution in [0.4, 0.5) is 15.8 Å². The average molecular weight is 405 g/mol. The predicted molar refractivity (Wildman–Crippen MR) is 111 cm³/mol. The van der Waals surface area contributed by atoms with Gasteiger partial charge < -0.3 is 20.7 Å². The molecule has 0 bridgehead atoms. The fourth-order valence-corrected chi connectivity index (χ4v) is 3.10. The molecule has 4 rings (SSSR count). The van der Waals surface area contributed by atoms with E-state index in [1.165, 1.54) is 12.1 Å². The second kappa shape index (κ2) is 8.90. The third-order valence-corrected chi connectivity index (χ3v) is 4.40. The number of ether oxygens (including phenoxy) is 1. The Morgan fingerprint density at radius 1 is 1.04 bits per heavy atom. The van der Waals surface area contributed by atoms with Gasteiger partial charge in [-0.3, -0.25) is 4.90 Å². The van der Waals surface area contributed by atoms with Crippen LogP contribution in [-0.2, 0) is 4.74 Å². The van der Waals surface area contributed by atoms with Crippen LogP contribution in [0, 0.1) is 5.82 Å². The van der Waals surface area contributed by atoms with Crippen molar-refractivity contribution in [1.29, 1.82) is 0 Å². The summed E-state index contributed by atoms with van der Waals surface area (Å²) in [5, 5.41) is 3.31. The third kappa shape index (κ3) is 4.35. The molecule has 28 heavy (non-hydrogen) atoms. The molecule has 7 nitrogen and oxygen atoms in total. The van der Waals surface area contributed by atoms with Gasteiger partial charge in [-0.15, -0.1) is 12.4 Å². The van der Waals surface area contributed by atoms with Crippen LogP contribution < -0.4 is 16.0 Å². The van der Waals surface area contributed by atoms with Crippen molar-refractivity contribution in [2.45, 2.75) is 6.29 Å². The molecule has 3 N–H and O–H groups in total. The Hall–Kier alpha value is -2.84. The number of nitrogens with two attached hydrogens (primary N) is 1. The van der Waals surface area contributed by atoms with E-state index in [1.54, 1.807) is 12.1 Å². The molecule has 0 aromatic heterocycles. The van der Waals surface area contributed by atoms with Crippen molar-refractivity contribution in [3.8, 4) is 0 Å². The van der Waals surface area contributed by atoms with Gasteiger partial charge in [-0.25, -0.2) is 9.38 Å². The first-order valence-corrected chi connectivity index (χ1v) is 8.82. The summed E-state index contributed by atoms with van der Waals surface area (Å²) in [6, 6.07) is 16.0. The third-order valence-electron chi connectivity index (χ3n) is 4.40. The standard InChI is InChI=1S/C19H21FN6O.ClH/c20-14-6-8-15(9-7-14)22-18-23-17(21)24-19(25-10-12-27-13-11-25)26(18)16-4-2-1-3-5-16;/h1-9,18,22H,10-13H2,(H2,21,23);1H. The number of aliphatic imine (C=N–C) groups is 2. The van der Waals surface area contributed by atoms with Gasteiger partial charge in [-0.1, -0.05) is 18.2 Å². The van der Waals surface area contributed by atoms with Crippen LogP contribution >= 0.6 is 12.4 Å². The van der Waals surface area contributed by atoms with E-state index in [0.29, 0.717) is 13.2 Å². The van der Waals surface area contributed by atoms with Crippen LogP contribution in [0.1, 0.15) is 0 Å². The Kier molecular flexibility index (Phi) is 6.33. The zero-order chi connectivity index (χ0) is 18.6. The normalized spacial score (nSPS) is 19.4. The first kappa shape index (κ1) is 19.9. The maximum atomic E-state index is 13.3. The number of rotatable bonds is 3. The van der Waals surface area contributed by atoms with Crippen LogP contribution in [0.2, 0.25) is 0 Å². The van der Waals surface area contributed by atoms with Crippen LogP contribution in [0.15, 0.2) is 64.6 Å². The van der Waals surface area contributed by atoms with Crippen LogP contribution in [0.3, 0.4) is 0 Å². The van der Waals surface area contributed by atoms with Gasteiger partial charge in [-0.2, -0.15) is 4.99 Å². The van der Waals surface area contributed by atoms with E-state index < -0.39 is 6.29 Å². The molecule has 0 saturated carbocycles. The number of hydrogen-bond donors (Lipinski definition) is 2. The molecular formula is C19H22ClFN6O. The van der Waals surface area contributed by atoms with Crippen molar-refractivity contribution in [3.63, 3.8) is 0 Å². The van der Waals surface area contributed by atoms with Gasteiger partial charge in [0.2, 0.25) is 18.2 Å². The highest BCUT2D eigenvalue weighted by atomic mass is 35.5. The van der Waals surface area contributed by atoms with Gasteiger partial charge in [0.15, 0.2) is 0 Å². The lowest BCUT2D eigenvalue weighted by Crippen LogP contribution is -2.57. The number of para-hydroxylation sites is 1. The van der Waals surface area contributed by atoms with Crippen LogP contribution in [0.25, 0.3) is 0 Å². The van der Waals surface area contributed by atoms with Crippen molar-refractivity contribution in [2.24, 2.45) is 15.7 Å². The van der Waals surface area contributed by atoms with E-state index in [2.05, 4.69) is 20.2 Å². The summed E-state index contributed by atoms with van der Waals surface area (Å²) >= 11 is 0. The number of nitrogens with one attached hydrogen (secondary N) is 1. The highest BCUT2D eigenvalue weighted by Crippen LogP contribution is 2.24. The molecule has 2 aliphatic heterocycles. The molecular weight excluding hydrogens is 383 g/mol. The second-order valence-electron chi connectivity index (χ2n) is 6.23. The van der Waals surface area contributed by atoms with Crippen molar-refractivity contribution in [3.05, 3.63) is 60.4 Å². The molecule has 148 valence electrons. The minimum atomic E-state index is -0.506. The molecule has 1 unspecified atom stereocenters. The molecule has 1 fully saturated rings. The minimum absolute atomic E-state index is 0. The molecule has 1 saturated heterocycles. The van der Waals surface area contributed by atoms with Crippen LogP contribution in [-0.4, -0.2) is 49.4 Å². The predicted octanol–water partition coefficient (Wildman–Crippen LogP) is 2.47. The second-order valence-corrected chi connectivity index (χ2v) is 6.23.